The van der Waals surface area contributed by atoms with E-state index in [2.05, 4.69) is 0 Å². The van der Waals surface area contributed by atoms with E-state index in [-0.39, 0.29) is 12.5 Å². The van der Waals surface area contributed by atoms with Gasteiger partial charge in [-0.05, 0) is 29.8 Å². The van der Waals surface area contributed by atoms with E-state index in [1.54, 1.807) is 36.2 Å². The fourth-order valence-electron chi connectivity index (χ4n) is 1.76. The molecule has 0 heterocycles. The van der Waals surface area contributed by atoms with Crippen LogP contribution in [-0.2, 0) is 11.3 Å². The zero-order valence-corrected chi connectivity index (χ0v) is 11.5. The van der Waals surface area contributed by atoms with E-state index >= 15 is 0 Å². The predicted octanol–water partition coefficient (Wildman–Crippen LogP) is 2.31. The van der Waals surface area contributed by atoms with Gasteiger partial charge in [-0.3, -0.25) is 4.79 Å². The highest BCUT2D eigenvalue weighted by molar-refractivity contribution is 5.77. The number of anilines is 1. The standard InChI is InChI=1S/C16H18N2O2/c1-18(11-13-5-3-2-4-6-13)16(19)12-20-15-9-7-14(17)8-10-15/h2-10H,11-12,17H2,1H3. The van der Waals surface area contributed by atoms with Crippen LogP contribution in [0.25, 0.3) is 0 Å². The van der Waals surface area contributed by atoms with Crippen LogP contribution in [0.5, 0.6) is 5.75 Å². The number of carbonyl (C=O) groups is 1. The number of rotatable bonds is 5. The van der Waals surface area contributed by atoms with Gasteiger partial charge in [0.05, 0.1) is 0 Å². The minimum atomic E-state index is -0.0642. The molecule has 2 rings (SSSR count). The molecule has 0 saturated carbocycles. The smallest absolute Gasteiger partial charge is 0.260 e. The van der Waals surface area contributed by atoms with Crippen LogP contribution < -0.4 is 10.5 Å². The molecule has 4 nitrogen and oxygen atoms in total. The molecule has 0 aliphatic rings. The topological polar surface area (TPSA) is 55.6 Å². The summed E-state index contributed by atoms with van der Waals surface area (Å²) in [6, 6.07) is 16.8. The second-order valence-corrected chi connectivity index (χ2v) is 4.59. The molecule has 0 unspecified atom stereocenters. The van der Waals surface area contributed by atoms with Gasteiger partial charge in [-0.15, -0.1) is 0 Å². The summed E-state index contributed by atoms with van der Waals surface area (Å²) < 4.78 is 5.43. The summed E-state index contributed by atoms with van der Waals surface area (Å²) in [5.74, 6) is 0.575. The van der Waals surface area contributed by atoms with Crippen molar-refractivity contribution in [2.24, 2.45) is 0 Å². The van der Waals surface area contributed by atoms with Crippen LogP contribution in [0.3, 0.4) is 0 Å². The quantitative estimate of drug-likeness (QED) is 0.848. The third-order valence-electron chi connectivity index (χ3n) is 2.93. The molecule has 1 amide bonds. The third-order valence-corrected chi connectivity index (χ3v) is 2.93. The fraction of sp³-hybridized carbons (Fsp3) is 0.188. The Labute approximate surface area is 118 Å². The van der Waals surface area contributed by atoms with Crippen molar-refractivity contribution in [3.63, 3.8) is 0 Å². The number of nitrogens with zero attached hydrogens (tertiary/aromatic N) is 1. The van der Waals surface area contributed by atoms with Crippen molar-refractivity contribution < 1.29 is 9.53 Å². The average Bonchev–Trinajstić information content (AvgIpc) is 2.47. The molecule has 0 aromatic heterocycles. The first-order valence-electron chi connectivity index (χ1n) is 6.41. The predicted molar refractivity (Wildman–Crippen MR) is 79.3 cm³/mol. The minimum absolute atomic E-state index is 0.0211. The van der Waals surface area contributed by atoms with Gasteiger partial charge in [-0.1, -0.05) is 30.3 Å². The van der Waals surface area contributed by atoms with Gasteiger partial charge < -0.3 is 15.4 Å². The number of likely N-dealkylation sites (N-methyl/N-ethyl adjacent to an activating group) is 1. The molecule has 0 saturated heterocycles. The number of ether oxygens (including phenoxy) is 1. The second-order valence-electron chi connectivity index (χ2n) is 4.59. The molecule has 0 aliphatic carbocycles. The summed E-state index contributed by atoms with van der Waals surface area (Å²) in [6.07, 6.45) is 0. The number of amides is 1. The number of carbonyl (C=O) groups excluding carboxylic acids is 1. The van der Waals surface area contributed by atoms with E-state index in [4.69, 9.17) is 10.5 Å². The van der Waals surface area contributed by atoms with E-state index < -0.39 is 0 Å². The van der Waals surface area contributed by atoms with Crippen LogP contribution >= 0.6 is 0 Å². The molecule has 20 heavy (non-hydrogen) atoms. The van der Waals surface area contributed by atoms with Crippen LogP contribution in [0.1, 0.15) is 5.56 Å². The number of nitrogen functional groups attached to an aromatic ring is 1. The molecule has 2 aromatic carbocycles. The summed E-state index contributed by atoms with van der Waals surface area (Å²) in [5.41, 5.74) is 7.35. The summed E-state index contributed by atoms with van der Waals surface area (Å²) in [6.45, 7) is 0.595. The SMILES string of the molecule is CN(Cc1ccccc1)C(=O)COc1ccc(N)cc1. The molecule has 0 fully saturated rings. The van der Waals surface area contributed by atoms with E-state index in [0.29, 0.717) is 18.0 Å². The van der Waals surface area contributed by atoms with Crippen LogP contribution in [0.4, 0.5) is 5.69 Å². The summed E-state index contributed by atoms with van der Waals surface area (Å²) in [4.78, 5) is 13.6. The Hall–Kier alpha value is -2.49. The van der Waals surface area contributed by atoms with Crippen LogP contribution in [0.2, 0.25) is 0 Å². The van der Waals surface area contributed by atoms with Gasteiger partial charge in [0, 0.05) is 19.3 Å². The summed E-state index contributed by atoms with van der Waals surface area (Å²) >= 11 is 0. The van der Waals surface area contributed by atoms with Crippen molar-refractivity contribution in [1.82, 2.24) is 4.90 Å². The lowest BCUT2D eigenvalue weighted by atomic mass is 10.2. The van der Waals surface area contributed by atoms with Gasteiger partial charge >= 0.3 is 0 Å². The molecule has 104 valence electrons. The first-order valence-corrected chi connectivity index (χ1v) is 6.41. The molecule has 4 heteroatoms. The fourth-order valence-corrected chi connectivity index (χ4v) is 1.76. The Balaban J connectivity index is 1.83. The van der Waals surface area contributed by atoms with E-state index in [1.807, 2.05) is 30.3 Å². The molecule has 0 bridgehead atoms. The molecule has 0 spiro atoms. The van der Waals surface area contributed by atoms with Gasteiger partial charge in [-0.25, -0.2) is 0 Å². The largest absolute Gasteiger partial charge is 0.484 e. The highest BCUT2D eigenvalue weighted by Gasteiger charge is 2.09. The Morgan fingerprint density at radius 2 is 1.75 bits per heavy atom. The monoisotopic (exact) mass is 270 g/mol. The molecular formula is C16H18N2O2. The second kappa shape index (κ2) is 6.61. The van der Waals surface area contributed by atoms with E-state index in [9.17, 15) is 4.79 Å². The van der Waals surface area contributed by atoms with Crippen molar-refractivity contribution in [3.8, 4) is 5.75 Å². The van der Waals surface area contributed by atoms with Crippen LogP contribution in [0.15, 0.2) is 54.6 Å². The summed E-state index contributed by atoms with van der Waals surface area (Å²) in [5, 5.41) is 0. The van der Waals surface area contributed by atoms with Gasteiger partial charge in [-0.2, -0.15) is 0 Å². The lowest BCUT2D eigenvalue weighted by Gasteiger charge is -2.17. The first kappa shape index (κ1) is 13.9. The number of hydrogen-bond donors (Lipinski definition) is 1. The molecular weight excluding hydrogens is 252 g/mol. The lowest BCUT2D eigenvalue weighted by molar-refractivity contribution is -0.132. The summed E-state index contributed by atoms with van der Waals surface area (Å²) in [7, 11) is 1.77. The maximum atomic E-state index is 12.0. The minimum Gasteiger partial charge on any atom is -0.484 e. The van der Waals surface area contributed by atoms with Gasteiger partial charge in [0.1, 0.15) is 5.75 Å². The van der Waals surface area contributed by atoms with Crippen LogP contribution in [0, 0.1) is 0 Å². The molecule has 2 aromatic rings. The normalized spacial score (nSPS) is 10.1. The van der Waals surface area contributed by atoms with E-state index in [0.717, 1.165) is 5.56 Å². The van der Waals surface area contributed by atoms with Gasteiger partial charge in [0.15, 0.2) is 6.61 Å². The zero-order chi connectivity index (χ0) is 14.4. The third kappa shape index (κ3) is 4.02. The maximum Gasteiger partial charge on any atom is 0.260 e. The van der Waals surface area contributed by atoms with Crippen molar-refractivity contribution in [2.45, 2.75) is 6.54 Å². The number of benzene rings is 2. The zero-order valence-electron chi connectivity index (χ0n) is 11.5. The van der Waals surface area contributed by atoms with Gasteiger partial charge in [0.2, 0.25) is 0 Å². The lowest BCUT2D eigenvalue weighted by Crippen LogP contribution is -2.30. The highest BCUT2D eigenvalue weighted by Crippen LogP contribution is 2.13. The highest BCUT2D eigenvalue weighted by atomic mass is 16.5. The van der Waals surface area contributed by atoms with Crippen molar-refractivity contribution in [3.05, 3.63) is 60.2 Å². The molecule has 0 aliphatic heterocycles. The van der Waals surface area contributed by atoms with Crippen molar-refractivity contribution in [1.29, 1.82) is 0 Å². The van der Waals surface area contributed by atoms with Crippen molar-refractivity contribution in [2.75, 3.05) is 19.4 Å². The molecule has 0 atom stereocenters. The number of nitrogens with two attached hydrogens (primary N) is 1. The van der Waals surface area contributed by atoms with Crippen LogP contribution in [-0.4, -0.2) is 24.5 Å². The Kier molecular flexibility index (Phi) is 4.60. The average molecular weight is 270 g/mol. The Bertz CT molecular complexity index is 552. The number of hydrogen-bond acceptors (Lipinski definition) is 3. The Morgan fingerprint density at radius 1 is 1.10 bits per heavy atom. The van der Waals surface area contributed by atoms with Gasteiger partial charge in [0.25, 0.3) is 5.91 Å². The van der Waals surface area contributed by atoms with E-state index in [1.165, 1.54) is 0 Å². The van der Waals surface area contributed by atoms with Crippen molar-refractivity contribution >= 4 is 11.6 Å². The first-order chi connectivity index (χ1) is 9.65. The maximum absolute atomic E-state index is 12.0. The molecule has 0 radical (unpaired) electrons. The molecule has 2 N–H and O–H groups in total. The Morgan fingerprint density at radius 3 is 2.40 bits per heavy atom.